The topological polar surface area (TPSA) is 64.3 Å². The number of rotatable bonds is 6. The van der Waals surface area contributed by atoms with Gasteiger partial charge >= 0.3 is 0 Å². The van der Waals surface area contributed by atoms with E-state index < -0.39 is 6.04 Å². The molecule has 3 N–H and O–H groups in total. The minimum atomic E-state index is -0.560. The van der Waals surface area contributed by atoms with Crippen molar-refractivity contribution in [3.8, 4) is 0 Å². The summed E-state index contributed by atoms with van der Waals surface area (Å²) >= 11 is 0. The summed E-state index contributed by atoms with van der Waals surface area (Å²) < 4.78 is 4.89. The fourth-order valence-electron chi connectivity index (χ4n) is 3.06. The normalized spacial score (nSPS) is 22.5. The quantitative estimate of drug-likeness (QED) is 0.844. The summed E-state index contributed by atoms with van der Waals surface area (Å²) in [5, 5.41) is 2.95. The van der Waals surface area contributed by atoms with Gasteiger partial charge in [-0.2, -0.15) is 0 Å². The number of hydrogen-bond donors (Lipinski definition) is 2. The molecule has 124 valence electrons. The second-order valence-corrected chi connectivity index (χ2v) is 5.94. The second-order valence-electron chi connectivity index (χ2n) is 5.94. The predicted molar refractivity (Wildman–Crippen MR) is 91.3 cm³/mol. The Hall–Kier alpha value is -1.10. The lowest BCUT2D eigenvalue weighted by atomic mass is 9.78. The highest BCUT2D eigenvalue weighted by molar-refractivity contribution is 5.85. The molecule has 0 saturated heterocycles. The van der Waals surface area contributed by atoms with E-state index >= 15 is 0 Å². The molecule has 5 heteroatoms. The van der Waals surface area contributed by atoms with Gasteiger partial charge in [0.1, 0.15) is 6.04 Å². The largest absolute Gasteiger partial charge is 0.383 e. The van der Waals surface area contributed by atoms with Gasteiger partial charge in [-0.3, -0.25) is 4.79 Å². The van der Waals surface area contributed by atoms with E-state index in [9.17, 15) is 4.79 Å². The number of hydrogen-bond acceptors (Lipinski definition) is 3. The van der Waals surface area contributed by atoms with Crippen LogP contribution < -0.4 is 11.1 Å². The van der Waals surface area contributed by atoms with Crippen LogP contribution >= 0.6 is 12.4 Å². The number of carbonyl (C=O) groups is 1. The van der Waals surface area contributed by atoms with Crippen molar-refractivity contribution in [1.82, 2.24) is 5.32 Å². The molecular weight excluding hydrogens is 300 g/mol. The highest BCUT2D eigenvalue weighted by Gasteiger charge is 2.23. The molecule has 0 aromatic heterocycles. The number of nitrogens with two attached hydrogens (primary N) is 1. The Kier molecular flexibility index (Phi) is 8.46. The third-order valence-electron chi connectivity index (χ3n) is 4.37. The number of amides is 1. The van der Waals surface area contributed by atoms with Crippen molar-refractivity contribution >= 4 is 18.3 Å². The van der Waals surface area contributed by atoms with Crippen LogP contribution in [0.15, 0.2) is 30.3 Å². The standard InChI is InChI=1S/C17H26N2O2.ClH/c1-21-12-16(18)17(20)19-11-13-7-9-15(10-8-13)14-5-3-2-4-6-14;/h2-6,13,15-16H,7-12,18H2,1H3,(H,19,20);1H. The zero-order valence-corrected chi connectivity index (χ0v) is 14.0. The zero-order valence-electron chi connectivity index (χ0n) is 13.2. The Bertz CT molecular complexity index is 434. The molecule has 1 aliphatic rings. The molecule has 1 atom stereocenters. The lowest BCUT2D eigenvalue weighted by Gasteiger charge is -2.29. The van der Waals surface area contributed by atoms with Crippen LogP contribution in [0, 0.1) is 5.92 Å². The highest BCUT2D eigenvalue weighted by Crippen LogP contribution is 2.35. The van der Waals surface area contributed by atoms with Crippen molar-refractivity contribution in [2.75, 3.05) is 20.3 Å². The van der Waals surface area contributed by atoms with Gasteiger partial charge in [0.05, 0.1) is 6.61 Å². The molecule has 1 aliphatic carbocycles. The molecule has 0 bridgehead atoms. The van der Waals surface area contributed by atoms with Crippen LogP contribution in [0.5, 0.6) is 0 Å². The number of halogens is 1. The Morgan fingerprint density at radius 2 is 1.91 bits per heavy atom. The molecule has 0 heterocycles. The van der Waals surface area contributed by atoms with E-state index in [4.69, 9.17) is 10.5 Å². The van der Waals surface area contributed by atoms with E-state index in [1.54, 1.807) is 7.11 Å². The minimum absolute atomic E-state index is 0. The maximum atomic E-state index is 11.7. The monoisotopic (exact) mass is 326 g/mol. The summed E-state index contributed by atoms with van der Waals surface area (Å²) in [6.45, 7) is 1.00. The van der Waals surface area contributed by atoms with Crippen molar-refractivity contribution in [2.24, 2.45) is 11.7 Å². The van der Waals surface area contributed by atoms with Gasteiger partial charge in [0.25, 0.3) is 0 Å². The third-order valence-corrected chi connectivity index (χ3v) is 4.37. The average molecular weight is 327 g/mol. The predicted octanol–water partition coefficient (Wildman–Crippen LogP) is 2.47. The molecule has 4 nitrogen and oxygen atoms in total. The van der Waals surface area contributed by atoms with Crippen molar-refractivity contribution in [3.05, 3.63) is 35.9 Å². The number of methoxy groups -OCH3 is 1. The molecular formula is C17H27ClN2O2. The van der Waals surface area contributed by atoms with Gasteiger partial charge in [-0.1, -0.05) is 30.3 Å². The minimum Gasteiger partial charge on any atom is -0.383 e. The van der Waals surface area contributed by atoms with Crippen LogP contribution in [0.2, 0.25) is 0 Å². The molecule has 0 radical (unpaired) electrons. The molecule has 1 aromatic rings. The lowest BCUT2D eigenvalue weighted by molar-refractivity contribution is -0.123. The Morgan fingerprint density at radius 3 is 2.50 bits per heavy atom. The summed E-state index contributed by atoms with van der Waals surface area (Å²) in [6, 6.07) is 10.2. The SMILES string of the molecule is COCC(N)C(=O)NCC1CCC(c2ccccc2)CC1.Cl. The van der Waals surface area contributed by atoms with E-state index in [1.165, 1.54) is 31.2 Å². The average Bonchev–Trinajstić information content (AvgIpc) is 2.54. The fraction of sp³-hybridized carbons (Fsp3) is 0.588. The lowest BCUT2D eigenvalue weighted by Crippen LogP contribution is -2.45. The number of ether oxygens (including phenoxy) is 1. The number of carbonyl (C=O) groups excluding carboxylic acids is 1. The Balaban J connectivity index is 0.00000242. The van der Waals surface area contributed by atoms with Crippen LogP contribution in [0.4, 0.5) is 0 Å². The molecule has 0 spiro atoms. The second kappa shape index (κ2) is 9.82. The molecule has 1 fully saturated rings. The first-order valence-corrected chi connectivity index (χ1v) is 7.78. The first kappa shape index (κ1) is 18.9. The molecule has 22 heavy (non-hydrogen) atoms. The van der Waals surface area contributed by atoms with E-state index in [2.05, 4.69) is 35.6 Å². The molecule has 1 unspecified atom stereocenters. The Morgan fingerprint density at radius 1 is 1.27 bits per heavy atom. The van der Waals surface area contributed by atoms with Crippen LogP contribution in [0.3, 0.4) is 0 Å². The van der Waals surface area contributed by atoms with Gasteiger partial charge in [0.2, 0.25) is 5.91 Å². The summed E-state index contributed by atoms with van der Waals surface area (Å²) in [5.41, 5.74) is 7.15. The van der Waals surface area contributed by atoms with E-state index in [1.807, 2.05) is 0 Å². The molecule has 1 amide bonds. The molecule has 1 saturated carbocycles. The van der Waals surface area contributed by atoms with E-state index in [-0.39, 0.29) is 24.9 Å². The van der Waals surface area contributed by atoms with Crippen LogP contribution in [-0.2, 0) is 9.53 Å². The van der Waals surface area contributed by atoms with Crippen molar-refractivity contribution in [2.45, 2.75) is 37.6 Å². The highest BCUT2D eigenvalue weighted by atomic mass is 35.5. The maximum absolute atomic E-state index is 11.7. The van der Waals surface area contributed by atoms with Gasteiger partial charge in [0.15, 0.2) is 0 Å². The first-order valence-electron chi connectivity index (χ1n) is 7.78. The van der Waals surface area contributed by atoms with Crippen LogP contribution in [-0.4, -0.2) is 32.2 Å². The summed E-state index contributed by atoms with van der Waals surface area (Å²) in [7, 11) is 1.55. The van der Waals surface area contributed by atoms with Crippen molar-refractivity contribution < 1.29 is 9.53 Å². The zero-order chi connectivity index (χ0) is 15.1. The third kappa shape index (κ3) is 5.59. The van der Waals surface area contributed by atoms with E-state index in [0.717, 1.165) is 6.54 Å². The molecule has 2 rings (SSSR count). The van der Waals surface area contributed by atoms with Crippen LogP contribution in [0.1, 0.15) is 37.2 Å². The smallest absolute Gasteiger partial charge is 0.239 e. The fourth-order valence-corrected chi connectivity index (χ4v) is 3.06. The van der Waals surface area contributed by atoms with E-state index in [0.29, 0.717) is 11.8 Å². The van der Waals surface area contributed by atoms with Crippen molar-refractivity contribution in [3.63, 3.8) is 0 Å². The van der Waals surface area contributed by atoms with Gasteiger partial charge in [0, 0.05) is 13.7 Å². The number of nitrogens with one attached hydrogen (secondary N) is 1. The summed E-state index contributed by atoms with van der Waals surface area (Å²) in [5.74, 6) is 1.14. The molecule has 0 aliphatic heterocycles. The Labute approximate surface area is 139 Å². The van der Waals surface area contributed by atoms with Gasteiger partial charge in [-0.05, 0) is 43.1 Å². The van der Waals surface area contributed by atoms with Gasteiger partial charge in [-0.15, -0.1) is 12.4 Å². The van der Waals surface area contributed by atoms with Crippen molar-refractivity contribution in [1.29, 1.82) is 0 Å². The summed E-state index contributed by atoms with van der Waals surface area (Å²) in [6.07, 6.45) is 4.74. The summed E-state index contributed by atoms with van der Waals surface area (Å²) in [4.78, 5) is 11.7. The number of benzene rings is 1. The first-order chi connectivity index (χ1) is 10.2. The van der Waals surface area contributed by atoms with Crippen LogP contribution in [0.25, 0.3) is 0 Å². The van der Waals surface area contributed by atoms with Gasteiger partial charge in [-0.25, -0.2) is 0 Å². The molecule has 1 aromatic carbocycles. The maximum Gasteiger partial charge on any atom is 0.239 e. The van der Waals surface area contributed by atoms with Gasteiger partial charge < -0.3 is 15.8 Å².